The number of aromatic nitrogens is 2. The van der Waals surface area contributed by atoms with Crippen molar-refractivity contribution in [3.8, 4) is 0 Å². The topological polar surface area (TPSA) is 44.0 Å². The fourth-order valence-corrected chi connectivity index (χ4v) is 2.61. The number of hydrogen-bond donors (Lipinski definition) is 2. The molecule has 1 aliphatic heterocycles. The quantitative estimate of drug-likeness (QED) is 0.830. The third-order valence-corrected chi connectivity index (χ3v) is 3.73. The number of benzene rings is 1. The van der Waals surface area contributed by atoms with E-state index in [4.69, 9.17) is 0 Å². The summed E-state index contributed by atoms with van der Waals surface area (Å²) in [6.45, 7) is 3.38. The van der Waals surface area contributed by atoms with Gasteiger partial charge in [-0.2, -0.15) is 5.10 Å². The van der Waals surface area contributed by atoms with E-state index < -0.39 is 0 Å². The average Bonchev–Trinajstić information content (AvgIpc) is 2.87. The fourth-order valence-electron chi connectivity index (χ4n) is 2.61. The largest absolute Gasteiger partial charge is 0.380 e. The van der Waals surface area contributed by atoms with Gasteiger partial charge in [0.25, 0.3) is 0 Å². The number of likely N-dealkylation sites (tertiary alicyclic amines) is 1. The van der Waals surface area contributed by atoms with Gasteiger partial charge in [-0.1, -0.05) is 6.07 Å². The van der Waals surface area contributed by atoms with E-state index in [1.54, 1.807) is 0 Å². The number of aromatic amines is 1. The van der Waals surface area contributed by atoms with Crippen LogP contribution in [-0.2, 0) is 0 Å². The molecule has 0 saturated carbocycles. The Labute approximate surface area is 101 Å². The fraction of sp³-hybridized carbons (Fsp3) is 0.462. The van der Waals surface area contributed by atoms with E-state index in [9.17, 15) is 0 Å². The van der Waals surface area contributed by atoms with E-state index in [-0.39, 0.29) is 0 Å². The molecular weight excluding hydrogens is 212 g/mol. The zero-order chi connectivity index (χ0) is 11.8. The van der Waals surface area contributed by atoms with E-state index in [1.807, 2.05) is 6.20 Å². The lowest BCUT2D eigenvalue weighted by atomic mass is 10.1. The number of rotatable bonds is 2. The maximum atomic E-state index is 4.09. The van der Waals surface area contributed by atoms with E-state index in [1.165, 1.54) is 17.5 Å². The van der Waals surface area contributed by atoms with Crippen molar-refractivity contribution in [2.45, 2.75) is 25.4 Å². The first-order valence-corrected chi connectivity index (χ1v) is 6.13. The first-order valence-electron chi connectivity index (χ1n) is 6.13. The van der Waals surface area contributed by atoms with Gasteiger partial charge < -0.3 is 10.2 Å². The third-order valence-electron chi connectivity index (χ3n) is 3.73. The predicted octanol–water partition coefficient (Wildman–Crippen LogP) is 2.07. The molecule has 2 atom stereocenters. The van der Waals surface area contributed by atoms with E-state index in [0.717, 1.165) is 12.1 Å². The van der Waals surface area contributed by atoms with Gasteiger partial charge >= 0.3 is 0 Å². The normalized spacial score (nSPS) is 25.5. The summed E-state index contributed by atoms with van der Waals surface area (Å²) in [7, 11) is 2.19. The Morgan fingerprint density at radius 3 is 3.12 bits per heavy atom. The van der Waals surface area contributed by atoms with Crippen molar-refractivity contribution in [2.24, 2.45) is 0 Å². The lowest BCUT2D eigenvalue weighted by Gasteiger charge is -2.14. The lowest BCUT2D eigenvalue weighted by Crippen LogP contribution is -2.24. The maximum absolute atomic E-state index is 4.09. The molecule has 4 nitrogen and oxygen atoms in total. The van der Waals surface area contributed by atoms with Crippen LogP contribution >= 0.6 is 0 Å². The zero-order valence-corrected chi connectivity index (χ0v) is 10.3. The number of H-pyrrole nitrogens is 1. The highest BCUT2D eigenvalue weighted by atomic mass is 15.2. The molecule has 1 aromatic heterocycles. The summed E-state index contributed by atoms with van der Waals surface area (Å²) in [6, 6.07) is 7.44. The van der Waals surface area contributed by atoms with E-state index in [2.05, 4.69) is 52.6 Å². The minimum absolute atomic E-state index is 0.537. The molecule has 0 aliphatic carbocycles. The molecule has 0 spiro atoms. The van der Waals surface area contributed by atoms with Crippen LogP contribution in [0.15, 0.2) is 24.4 Å². The molecule has 1 fully saturated rings. The number of hydrogen-bond acceptors (Lipinski definition) is 3. The Morgan fingerprint density at radius 1 is 1.47 bits per heavy atom. The molecule has 1 aromatic carbocycles. The van der Waals surface area contributed by atoms with Crippen molar-refractivity contribution in [3.05, 3.63) is 24.4 Å². The third kappa shape index (κ3) is 1.89. The van der Waals surface area contributed by atoms with Gasteiger partial charge in [0.05, 0.1) is 11.7 Å². The molecule has 1 saturated heterocycles. The Balaban J connectivity index is 1.83. The predicted molar refractivity (Wildman–Crippen MR) is 70.2 cm³/mol. The molecule has 4 heteroatoms. The minimum atomic E-state index is 0.537. The van der Waals surface area contributed by atoms with Gasteiger partial charge in [-0.05, 0) is 32.5 Å². The number of likely N-dealkylation sites (N-methyl/N-ethyl adjacent to an activating group) is 1. The highest BCUT2D eigenvalue weighted by molar-refractivity contribution is 5.90. The van der Waals surface area contributed by atoms with Gasteiger partial charge in [-0.3, -0.25) is 5.10 Å². The zero-order valence-electron chi connectivity index (χ0n) is 10.3. The molecule has 3 rings (SSSR count). The average molecular weight is 230 g/mol. The molecule has 17 heavy (non-hydrogen) atoms. The molecule has 2 aromatic rings. The monoisotopic (exact) mass is 230 g/mol. The second-order valence-corrected chi connectivity index (χ2v) is 5.00. The van der Waals surface area contributed by atoms with Crippen molar-refractivity contribution >= 4 is 16.6 Å². The molecule has 2 heterocycles. The molecule has 90 valence electrons. The van der Waals surface area contributed by atoms with Gasteiger partial charge in [0.2, 0.25) is 0 Å². The van der Waals surface area contributed by atoms with Crippen molar-refractivity contribution in [1.82, 2.24) is 15.1 Å². The standard InChI is InChI=1S/C13H18N4/c1-9-6-10(8-17(9)2)15-12-4-3-5-13-11(12)7-14-16-13/h3-5,7,9-10,15H,6,8H2,1-2H3,(H,14,16). The molecule has 1 aliphatic rings. The van der Waals surface area contributed by atoms with Gasteiger partial charge in [0.15, 0.2) is 0 Å². The Morgan fingerprint density at radius 2 is 2.35 bits per heavy atom. The second-order valence-electron chi connectivity index (χ2n) is 5.00. The van der Waals surface area contributed by atoms with Crippen molar-refractivity contribution < 1.29 is 0 Å². The molecular formula is C13H18N4. The van der Waals surface area contributed by atoms with Crippen LogP contribution in [0.4, 0.5) is 5.69 Å². The summed E-state index contributed by atoms with van der Waals surface area (Å²) in [6.07, 6.45) is 3.09. The van der Waals surface area contributed by atoms with E-state index in [0.29, 0.717) is 12.1 Å². The highest BCUT2D eigenvalue weighted by Gasteiger charge is 2.26. The van der Waals surface area contributed by atoms with Gasteiger partial charge in [-0.25, -0.2) is 0 Å². The summed E-state index contributed by atoms with van der Waals surface area (Å²) in [5.74, 6) is 0. The number of nitrogens with one attached hydrogen (secondary N) is 2. The van der Waals surface area contributed by atoms with Crippen LogP contribution in [0.5, 0.6) is 0 Å². The van der Waals surface area contributed by atoms with Crippen molar-refractivity contribution in [1.29, 1.82) is 0 Å². The molecule has 0 amide bonds. The summed E-state index contributed by atoms with van der Waals surface area (Å²) in [4.78, 5) is 2.40. The van der Waals surface area contributed by atoms with Crippen LogP contribution in [0.1, 0.15) is 13.3 Å². The summed E-state index contributed by atoms with van der Waals surface area (Å²) < 4.78 is 0. The SMILES string of the molecule is CC1CC(Nc2cccc3[nH]ncc23)CN1C. The maximum Gasteiger partial charge on any atom is 0.0671 e. The van der Waals surface area contributed by atoms with Crippen LogP contribution in [0, 0.1) is 0 Å². The van der Waals surface area contributed by atoms with Gasteiger partial charge in [-0.15, -0.1) is 0 Å². The Hall–Kier alpha value is -1.55. The Bertz CT molecular complexity index is 509. The number of anilines is 1. The number of nitrogens with zero attached hydrogens (tertiary/aromatic N) is 2. The first kappa shape index (κ1) is 10.6. The summed E-state index contributed by atoms with van der Waals surface area (Å²) >= 11 is 0. The molecule has 2 N–H and O–H groups in total. The summed E-state index contributed by atoms with van der Waals surface area (Å²) in [5, 5.41) is 11.9. The van der Waals surface area contributed by atoms with Crippen LogP contribution < -0.4 is 5.32 Å². The van der Waals surface area contributed by atoms with Crippen LogP contribution in [0.3, 0.4) is 0 Å². The highest BCUT2D eigenvalue weighted by Crippen LogP contribution is 2.25. The van der Waals surface area contributed by atoms with Crippen molar-refractivity contribution in [2.75, 3.05) is 18.9 Å². The van der Waals surface area contributed by atoms with Crippen molar-refractivity contribution in [3.63, 3.8) is 0 Å². The van der Waals surface area contributed by atoms with Crippen LogP contribution in [0.25, 0.3) is 10.9 Å². The molecule has 0 radical (unpaired) electrons. The van der Waals surface area contributed by atoms with E-state index >= 15 is 0 Å². The van der Waals surface area contributed by atoms with Gasteiger partial charge in [0, 0.05) is 29.7 Å². The number of fused-ring (bicyclic) bond motifs is 1. The molecule has 2 unspecified atom stereocenters. The Kier molecular flexibility index (Phi) is 2.52. The smallest absolute Gasteiger partial charge is 0.0671 e. The first-order chi connectivity index (χ1) is 8.24. The van der Waals surface area contributed by atoms with Gasteiger partial charge in [0.1, 0.15) is 0 Å². The molecule has 0 bridgehead atoms. The summed E-state index contributed by atoms with van der Waals surface area (Å²) in [5.41, 5.74) is 2.28. The minimum Gasteiger partial charge on any atom is -0.380 e. The van der Waals surface area contributed by atoms with Crippen LogP contribution in [-0.4, -0.2) is 40.8 Å². The second kappa shape index (κ2) is 4.04. The van der Waals surface area contributed by atoms with Crippen LogP contribution in [0.2, 0.25) is 0 Å². The lowest BCUT2D eigenvalue weighted by molar-refractivity contribution is 0.330.